The summed E-state index contributed by atoms with van der Waals surface area (Å²) in [7, 11) is 2.04. The Labute approximate surface area is 100 Å². The molecule has 1 N–H and O–H groups in total. The summed E-state index contributed by atoms with van der Waals surface area (Å²) in [5.41, 5.74) is 4.71. The zero-order valence-corrected chi connectivity index (χ0v) is 10.6. The fraction of sp³-hybridized carbons (Fsp3) is 0.385. The Morgan fingerprint density at radius 1 is 1.31 bits per heavy atom. The lowest BCUT2D eigenvalue weighted by Gasteiger charge is -2.03. The third kappa shape index (κ3) is 1.53. The van der Waals surface area contributed by atoms with Crippen LogP contribution in [0, 0.1) is 13.8 Å². The van der Waals surface area contributed by atoms with Crippen LogP contribution in [0.2, 0.25) is 5.02 Å². The number of fused-ring (bicyclic) bond motifs is 1. The molecule has 0 spiro atoms. The Morgan fingerprint density at radius 3 is 2.62 bits per heavy atom. The van der Waals surface area contributed by atoms with Crippen LogP contribution in [0.5, 0.6) is 0 Å². The first-order chi connectivity index (χ1) is 7.57. The van der Waals surface area contributed by atoms with Gasteiger partial charge in [-0.05, 0) is 37.5 Å². The molecule has 1 heterocycles. The molecule has 0 aliphatic carbocycles. The van der Waals surface area contributed by atoms with Gasteiger partial charge in [-0.2, -0.15) is 0 Å². The van der Waals surface area contributed by atoms with E-state index in [1.54, 1.807) is 0 Å². The average molecular weight is 238 g/mol. The van der Waals surface area contributed by atoms with Crippen LogP contribution >= 0.6 is 11.6 Å². The van der Waals surface area contributed by atoms with Crippen LogP contribution in [-0.4, -0.2) is 16.3 Å². The number of hydrogen-bond acceptors (Lipinski definition) is 1. The van der Waals surface area contributed by atoms with E-state index >= 15 is 0 Å². The van der Waals surface area contributed by atoms with Gasteiger partial charge in [0.15, 0.2) is 0 Å². The standard InChI is InChI=1S/C13H16ClNO/c1-8-12(14)5-4-11-10(6-7-16)9(2)15(3)13(8)11/h4-5,16H,6-7H2,1-3H3. The van der Waals surface area contributed by atoms with Crippen LogP contribution in [0.4, 0.5) is 0 Å². The SMILES string of the molecule is Cc1c(Cl)ccc2c(CCO)c(C)n(C)c12. The number of benzene rings is 1. The fourth-order valence-corrected chi connectivity index (χ4v) is 2.50. The zero-order valence-electron chi connectivity index (χ0n) is 9.84. The third-order valence-electron chi connectivity index (χ3n) is 3.33. The Kier molecular flexibility index (Phi) is 2.96. The third-order valence-corrected chi connectivity index (χ3v) is 3.74. The van der Waals surface area contributed by atoms with Crippen molar-refractivity contribution in [1.82, 2.24) is 4.57 Å². The molecule has 0 bridgehead atoms. The van der Waals surface area contributed by atoms with Crippen molar-refractivity contribution in [2.45, 2.75) is 20.3 Å². The lowest BCUT2D eigenvalue weighted by molar-refractivity contribution is 0.299. The molecule has 2 nitrogen and oxygen atoms in total. The summed E-state index contributed by atoms with van der Waals surface area (Å²) >= 11 is 6.14. The molecule has 2 aromatic rings. The average Bonchev–Trinajstić information content (AvgIpc) is 2.50. The lowest BCUT2D eigenvalue weighted by Crippen LogP contribution is -1.95. The Bertz CT molecular complexity index is 543. The number of halogens is 1. The highest BCUT2D eigenvalue weighted by molar-refractivity contribution is 6.32. The van der Waals surface area contributed by atoms with Gasteiger partial charge in [0.2, 0.25) is 0 Å². The minimum Gasteiger partial charge on any atom is -0.396 e. The quantitative estimate of drug-likeness (QED) is 0.854. The summed E-state index contributed by atoms with van der Waals surface area (Å²) in [6.45, 7) is 4.30. The van der Waals surface area contributed by atoms with Crippen LogP contribution in [0.15, 0.2) is 12.1 Å². The molecule has 3 heteroatoms. The first kappa shape index (κ1) is 11.5. The number of aryl methyl sites for hydroxylation is 2. The second-order valence-corrected chi connectivity index (χ2v) is 4.57. The zero-order chi connectivity index (χ0) is 11.9. The van der Waals surface area contributed by atoms with E-state index in [9.17, 15) is 0 Å². The van der Waals surface area contributed by atoms with Gasteiger partial charge < -0.3 is 9.67 Å². The van der Waals surface area contributed by atoms with Crippen molar-refractivity contribution < 1.29 is 5.11 Å². The number of hydrogen-bond donors (Lipinski definition) is 1. The molecule has 0 amide bonds. The Balaban J connectivity index is 2.84. The van der Waals surface area contributed by atoms with Gasteiger partial charge in [-0.1, -0.05) is 17.7 Å². The number of rotatable bonds is 2. The number of aliphatic hydroxyl groups is 1. The van der Waals surface area contributed by atoms with Gasteiger partial charge in [-0.15, -0.1) is 0 Å². The second-order valence-electron chi connectivity index (χ2n) is 4.17. The van der Waals surface area contributed by atoms with Crippen molar-refractivity contribution in [3.8, 4) is 0 Å². The Hall–Kier alpha value is -0.990. The predicted molar refractivity (Wildman–Crippen MR) is 68.2 cm³/mol. The summed E-state index contributed by atoms with van der Waals surface area (Å²) in [5.74, 6) is 0. The van der Waals surface area contributed by atoms with Crippen molar-refractivity contribution in [3.05, 3.63) is 34.0 Å². The van der Waals surface area contributed by atoms with E-state index in [2.05, 4.69) is 11.5 Å². The molecule has 0 atom stereocenters. The largest absolute Gasteiger partial charge is 0.396 e. The van der Waals surface area contributed by atoms with E-state index in [0.29, 0.717) is 6.42 Å². The van der Waals surface area contributed by atoms with Crippen molar-refractivity contribution in [2.24, 2.45) is 7.05 Å². The van der Waals surface area contributed by atoms with E-state index < -0.39 is 0 Å². The maximum atomic E-state index is 9.10. The number of nitrogens with zero attached hydrogens (tertiary/aromatic N) is 1. The van der Waals surface area contributed by atoms with Crippen LogP contribution in [0.1, 0.15) is 16.8 Å². The summed E-state index contributed by atoms with van der Waals surface area (Å²) < 4.78 is 2.15. The van der Waals surface area contributed by atoms with Crippen molar-refractivity contribution in [3.63, 3.8) is 0 Å². The van der Waals surface area contributed by atoms with Gasteiger partial charge in [0.05, 0.1) is 5.52 Å². The van der Waals surface area contributed by atoms with Gasteiger partial charge in [-0.25, -0.2) is 0 Å². The van der Waals surface area contributed by atoms with Gasteiger partial charge in [0, 0.05) is 29.8 Å². The van der Waals surface area contributed by atoms with Crippen LogP contribution < -0.4 is 0 Å². The first-order valence-corrected chi connectivity index (χ1v) is 5.79. The first-order valence-electron chi connectivity index (χ1n) is 5.41. The monoisotopic (exact) mass is 237 g/mol. The maximum absolute atomic E-state index is 9.10. The summed E-state index contributed by atoms with van der Waals surface area (Å²) in [6, 6.07) is 3.97. The van der Waals surface area contributed by atoms with Gasteiger partial charge >= 0.3 is 0 Å². The molecule has 16 heavy (non-hydrogen) atoms. The number of aliphatic hydroxyl groups excluding tert-OH is 1. The van der Waals surface area contributed by atoms with E-state index in [1.807, 2.05) is 26.1 Å². The minimum atomic E-state index is 0.182. The fourth-order valence-electron chi connectivity index (χ4n) is 2.34. The molecule has 0 saturated heterocycles. The topological polar surface area (TPSA) is 25.2 Å². The molecule has 2 rings (SSSR count). The highest BCUT2D eigenvalue weighted by atomic mass is 35.5. The van der Waals surface area contributed by atoms with Crippen molar-refractivity contribution >= 4 is 22.5 Å². The van der Waals surface area contributed by atoms with E-state index in [-0.39, 0.29) is 6.61 Å². The van der Waals surface area contributed by atoms with Gasteiger partial charge in [0.1, 0.15) is 0 Å². The molecular formula is C13H16ClNO. The van der Waals surface area contributed by atoms with Crippen LogP contribution in [0.25, 0.3) is 10.9 Å². The summed E-state index contributed by atoms with van der Waals surface area (Å²) in [6.07, 6.45) is 0.699. The highest BCUT2D eigenvalue weighted by Gasteiger charge is 2.14. The van der Waals surface area contributed by atoms with E-state index in [1.165, 1.54) is 22.2 Å². The molecule has 0 unspecified atom stereocenters. The lowest BCUT2D eigenvalue weighted by atomic mass is 10.1. The molecule has 1 aromatic carbocycles. The summed E-state index contributed by atoms with van der Waals surface area (Å²) in [4.78, 5) is 0. The maximum Gasteiger partial charge on any atom is 0.0527 e. The number of aromatic nitrogens is 1. The molecule has 0 aliphatic heterocycles. The molecule has 0 aliphatic rings. The predicted octanol–water partition coefficient (Wildman–Crippen LogP) is 2.98. The van der Waals surface area contributed by atoms with Gasteiger partial charge in [0.25, 0.3) is 0 Å². The summed E-state index contributed by atoms with van der Waals surface area (Å²) in [5, 5.41) is 11.1. The smallest absolute Gasteiger partial charge is 0.0527 e. The molecule has 86 valence electrons. The Morgan fingerprint density at radius 2 is 2.00 bits per heavy atom. The molecule has 0 saturated carbocycles. The van der Waals surface area contributed by atoms with Crippen LogP contribution in [-0.2, 0) is 13.5 Å². The van der Waals surface area contributed by atoms with Gasteiger partial charge in [-0.3, -0.25) is 0 Å². The van der Waals surface area contributed by atoms with E-state index in [4.69, 9.17) is 16.7 Å². The minimum absolute atomic E-state index is 0.182. The normalized spacial score (nSPS) is 11.3. The van der Waals surface area contributed by atoms with Crippen molar-refractivity contribution in [2.75, 3.05) is 6.61 Å². The molecule has 0 radical (unpaired) electrons. The molecule has 0 fully saturated rings. The molecular weight excluding hydrogens is 222 g/mol. The van der Waals surface area contributed by atoms with E-state index in [0.717, 1.165) is 10.6 Å². The van der Waals surface area contributed by atoms with Crippen LogP contribution in [0.3, 0.4) is 0 Å². The highest BCUT2D eigenvalue weighted by Crippen LogP contribution is 2.31. The second kappa shape index (κ2) is 4.11. The van der Waals surface area contributed by atoms with Crippen molar-refractivity contribution in [1.29, 1.82) is 0 Å². The molecule has 1 aromatic heterocycles.